The molecular formula is C21H18N2O2S. The summed E-state index contributed by atoms with van der Waals surface area (Å²) < 4.78 is 5.25. The van der Waals surface area contributed by atoms with Crippen molar-refractivity contribution in [1.29, 1.82) is 0 Å². The lowest BCUT2D eigenvalue weighted by Crippen LogP contribution is -2.32. The van der Waals surface area contributed by atoms with Gasteiger partial charge in [0, 0.05) is 6.08 Å². The third-order valence-corrected chi connectivity index (χ3v) is 4.03. The van der Waals surface area contributed by atoms with E-state index in [9.17, 15) is 4.79 Å². The summed E-state index contributed by atoms with van der Waals surface area (Å²) in [6.45, 7) is 0. The number of amides is 1. The van der Waals surface area contributed by atoms with Crippen molar-refractivity contribution in [1.82, 2.24) is 5.32 Å². The average Bonchev–Trinajstić information content (AvgIpc) is 2.66. The minimum absolute atomic E-state index is 0.210. The number of fused-ring (bicyclic) bond motifs is 1. The van der Waals surface area contributed by atoms with Crippen LogP contribution in [0.25, 0.3) is 16.8 Å². The zero-order valence-electron chi connectivity index (χ0n) is 14.2. The average molecular weight is 362 g/mol. The molecule has 3 aromatic rings. The Morgan fingerprint density at radius 3 is 2.58 bits per heavy atom. The van der Waals surface area contributed by atoms with E-state index in [0.29, 0.717) is 11.4 Å². The maximum Gasteiger partial charge on any atom is 0.250 e. The van der Waals surface area contributed by atoms with E-state index >= 15 is 0 Å². The molecule has 0 aliphatic carbocycles. The fraction of sp³-hybridized carbons (Fsp3) is 0.0476. The normalized spacial score (nSPS) is 10.7. The molecule has 0 unspecified atom stereocenters. The van der Waals surface area contributed by atoms with Gasteiger partial charge >= 0.3 is 0 Å². The number of para-hydroxylation sites is 2. The van der Waals surface area contributed by atoms with E-state index < -0.39 is 0 Å². The monoisotopic (exact) mass is 362 g/mol. The predicted molar refractivity (Wildman–Crippen MR) is 110 cm³/mol. The van der Waals surface area contributed by atoms with Crippen LogP contribution in [0.1, 0.15) is 5.56 Å². The molecule has 0 fully saturated rings. The third-order valence-electron chi connectivity index (χ3n) is 3.83. The first-order valence-electron chi connectivity index (χ1n) is 8.08. The van der Waals surface area contributed by atoms with Crippen LogP contribution in [0, 0.1) is 0 Å². The third kappa shape index (κ3) is 4.26. The van der Waals surface area contributed by atoms with Crippen molar-refractivity contribution in [2.45, 2.75) is 0 Å². The molecule has 0 atom stereocenters. The molecule has 3 rings (SSSR count). The van der Waals surface area contributed by atoms with Crippen molar-refractivity contribution in [3.05, 3.63) is 78.4 Å². The Bertz CT molecular complexity index is 977. The Morgan fingerprint density at radius 2 is 1.73 bits per heavy atom. The number of anilines is 1. The maximum absolute atomic E-state index is 12.2. The Hall–Kier alpha value is -3.18. The van der Waals surface area contributed by atoms with Gasteiger partial charge in [0.15, 0.2) is 5.11 Å². The number of hydrogen-bond donors (Lipinski definition) is 2. The molecule has 3 aromatic carbocycles. The van der Waals surface area contributed by atoms with Crippen molar-refractivity contribution in [3.63, 3.8) is 0 Å². The molecule has 0 aromatic heterocycles. The SMILES string of the molecule is COc1ccccc1NC(=S)NC(=O)C=Cc1cccc2ccccc12. The van der Waals surface area contributed by atoms with E-state index in [-0.39, 0.29) is 11.0 Å². The van der Waals surface area contributed by atoms with Crippen LogP contribution in [-0.2, 0) is 4.79 Å². The van der Waals surface area contributed by atoms with Crippen LogP contribution in [0.4, 0.5) is 5.69 Å². The summed E-state index contributed by atoms with van der Waals surface area (Å²) in [4.78, 5) is 12.2. The standard InChI is InChI=1S/C21H18N2O2S/c1-25-19-12-5-4-11-18(19)22-21(26)23-20(24)14-13-16-9-6-8-15-7-2-3-10-17(15)16/h2-14H,1H3,(H2,22,23,24,26). The van der Waals surface area contributed by atoms with Gasteiger partial charge in [-0.05, 0) is 46.8 Å². The molecule has 0 radical (unpaired) electrons. The molecule has 0 saturated heterocycles. The number of methoxy groups -OCH3 is 1. The topological polar surface area (TPSA) is 50.4 Å². The smallest absolute Gasteiger partial charge is 0.250 e. The highest BCUT2D eigenvalue weighted by Crippen LogP contribution is 2.23. The minimum atomic E-state index is -0.301. The molecule has 0 heterocycles. The first-order valence-corrected chi connectivity index (χ1v) is 8.49. The molecule has 26 heavy (non-hydrogen) atoms. The van der Waals surface area contributed by atoms with Gasteiger partial charge in [0.05, 0.1) is 12.8 Å². The fourth-order valence-corrected chi connectivity index (χ4v) is 2.83. The molecule has 130 valence electrons. The Morgan fingerprint density at radius 1 is 1.00 bits per heavy atom. The number of carbonyl (C=O) groups excluding carboxylic acids is 1. The van der Waals surface area contributed by atoms with Gasteiger partial charge in [-0.15, -0.1) is 0 Å². The molecule has 4 nitrogen and oxygen atoms in total. The number of rotatable bonds is 4. The molecular weight excluding hydrogens is 344 g/mol. The van der Waals surface area contributed by atoms with Crippen LogP contribution in [-0.4, -0.2) is 18.1 Å². The van der Waals surface area contributed by atoms with Crippen molar-refractivity contribution >= 4 is 45.8 Å². The largest absolute Gasteiger partial charge is 0.495 e. The van der Waals surface area contributed by atoms with Crippen LogP contribution in [0.15, 0.2) is 72.8 Å². The Balaban J connectivity index is 1.66. The summed E-state index contributed by atoms with van der Waals surface area (Å²) in [5.74, 6) is 0.348. The number of carbonyl (C=O) groups is 1. The first kappa shape index (κ1) is 17.6. The van der Waals surface area contributed by atoms with Gasteiger partial charge in [0.2, 0.25) is 5.91 Å². The van der Waals surface area contributed by atoms with Crippen LogP contribution in [0.5, 0.6) is 5.75 Å². The number of hydrogen-bond acceptors (Lipinski definition) is 3. The van der Waals surface area contributed by atoms with Gasteiger partial charge in [0.1, 0.15) is 5.75 Å². The lowest BCUT2D eigenvalue weighted by atomic mass is 10.0. The molecule has 2 N–H and O–H groups in total. The summed E-state index contributed by atoms with van der Waals surface area (Å²) in [5.41, 5.74) is 1.67. The number of ether oxygens (including phenoxy) is 1. The van der Waals surface area contributed by atoms with Crippen LogP contribution < -0.4 is 15.4 Å². The molecule has 0 spiro atoms. The lowest BCUT2D eigenvalue weighted by Gasteiger charge is -2.11. The lowest BCUT2D eigenvalue weighted by molar-refractivity contribution is -0.115. The highest BCUT2D eigenvalue weighted by atomic mass is 32.1. The van der Waals surface area contributed by atoms with Gasteiger partial charge in [-0.1, -0.05) is 54.6 Å². The summed E-state index contributed by atoms with van der Waals surface area (Å²) in [6, 6.07) is 21.4. The van der Waals surface area contributed by atoms with Crippen molar-refractivity contribution < 1.29 is 9.53 Å². The van der Waals surface area contributed by atoms with Gasteiger partial charge in [-0.2, -0.15) is 0 Å². The molecule has 0 aliphatic rings. The van der Waals surface area contributed by atoms with E-state index in [4.69, 9.17) is 17.0 Å². The quantitative estimate of drug-likeness (QED) is 0.534. The molecule has 0 saturated carbocycles. The predicted octanol–water partition coefficient (Wildman–Crippen LogP) is 4.37. The summed E-state index contributed by atoms with van der Waals surface area (Å²) in [7, 11) is 1.58. The highest BCUT2D eigenvalue weighted by molar-refractivity contribution is 7.80. The highest BCUT2D eigenvalue weighted by Gasteiger charge is 2.06. The molecule has 5 heteroatoms. The summed E-state index contributed by atoms with van der Waals surface area (Å²) >= 11 is 5.20. The number of benzene rings is 3. The van der Waals surface area contributed by atoms with Crippen LogP contribution in [0.3, 0.4) is 0 Å². The van der Waals surface area contributed by atoms with Crippen molar-refractivity contribution in [3.8, 4) is 5.75 Å². The Labute approximate surface area is 157 Å². The molecule has 0 aliphatic heterocycles. The Kier molecular flexibility index (Phi) is 5.61. The van der Waals surface area contributed by atoms with E-state index in [0.717, 1.165) is 16.3 Å². The van der Waals surface area contributed by atoms with Crippen LogP contribution in [0.2, 0.25) is 0 Å². The van der Waals surface area contributed by atoms with Gasteiger partial charge in [-0.3, -0.25) is 10.1 Å². The zero-order valence-corrected chi connectivity index (χ0v) is 15.0. The maximum atomic E-state index is 12.2. The van der Waals surface area contributed by atoms with Gasteiger partial charge < -0.3 is 10.1 Å². The molecule has 0 bridgehead atoms. The zero-order chi connectivity index (χ0) is 18.4. The second kappa shape index (κ2) is 8.27. The first-order chi connectivity index (χ1) is 12.7. The van der Waals surface area contributed by atoms with E-state index in [1.54, 1.807) is 13.2 Å². The number of nitrogens with one attached hydrogen (secondary N) is 2. The minimum Gasteiger partial charge on any atom is -0.495 e. The molecule has 1 amide bonds. The second-order valence-electron chi connectivity index (χ2n) is 5.55. The van der Waals surface area contributed by atoms with E-state index in [1.807, 2.05) is 66.7 Å². The van der Waals surface area contributed by atoms with Crippen molar-refractivity contribution in [2.75, 3.05) is 12.4 Å². The van der Waals surface area contributed by atoms with E-state index in [1.165, 1.54) is 6.08 Å². The van der Waals surface area contributed by atoms with E-state index in [2.05, 4.69) is 10.6 Å². The van der Waals surface area contributed by atoms with Crippen molar-refractivity contribution in [2.24, 2.45) is 0 Å². The van der Waals surface area contributed by atoms with Gasteiger partial charge in [-0.25, -0.2) is 0 Å². The summed E-state index contributed by atoms with van der Waals surface area (Å²) in [5, 5.41) is 8.03. The van der Waals surface area contributed by atoms with Gasteiger partial charge in [0.25, 0.3) is 0 Å². The fourth-order valence-electron chi connectivity index (χ4n) is 2.62. The summed E-state index contributed by atoms with van der Waals surface area (Å²) in [6.07, 6.45) is 3.25. The second-order valence-corrected chi connectivity index (χ2v) is 5.95. The van der Waals surface area contributed by atoms with Crippen LogP contribution >= 0.6 is 12.2 Å². The number of thiocarbonyl (C=S) groups is 1.